The van der Waals surface area contributed by atoms with Crippen molar-refractivity contribution in [1.82, 2.24) is 61.7 Å². The molecule has 0 aliphatic rings. The Morgan fingerprint density at radius 3 is 1.40 bits per heavy atom. The van der Waals surface area contributed by atoms with Crippen molar-refractivity contribution in [2.24, 2.45) is 20.0 Å². The quantitative estimate of drug-likeness (QED) is 0.0253. The van der Waals surface area contributed by atoms with Gasteiger partial charge >= 0.3 is 5.97 Å². The van der Waals surface area contributed by atoms with Crippen molar-refractivity contribution < 1.29 is 56.8 Å². The number of nitrogens with one attached hydrogen (secondary N) is 4. The predicted octanol–water partition coefficient (Wildman–Crippen LogP) is -1.68. The third-order valence-electron chi connectivity index (χ3n) is 8.52. The molecule has 0 unspecified atom stereocenters. The third-order valence-corrected chi connectivity index (χ3v) is 8.52. The minimum absolute atomic E-state index is 0.0606. The summed E-state index contributed by atoms with van der Waals surface area (Å²) in [6, 6.07) is -1.39. The van der Waals surface area contributed by atoms with Crippen LogP contribution in [0.1, 0.15) is 96.6 Å². The molecule has 0 fully saturated rings. The molecule has 2 aromatic rings. The Kier molecular flexibility index (Phi) is 25.9. The second-order valence-electron chi connectivity index (χ2n) is 18.6. The van der Waals surface area contributed by atoms with E-state index in [0.717, 1.165) is 6.42 Å². The standard InChI is InChI=1S/C23H41N7O6.C17H32N8O4/c1-23(2,3)36-21(33)16-35-15-17(31)11-9-8-10-12-18(25-20(32)14-30(5,6)7)22(34)24-13-19-26-28-29(4)27-19;1-24-22-15(21-23-24)10-19-17(28)14(20-16(27)11-25(2,3)4)9-7-5-6-8-13(26)12-29-18/h18H,8-16H2,1-7H3,(H-,24,25,32,34);14H,5-12,18H2,1-4H3,(H-,19,20,27,28)/p+2/t18-;14-/m00/s1. The maximum absolute atomic E-state index is 12.7. The molecule has 0 bridgehead atoms. The highest BCUT2D eigenvalue weighted by atomic mass is 16.6. The second kappa shape index (κ2) is 29.2. The molecule has 2 aromatic heterocycles. The first-order valence-electron chi connectivity index (χ1n) is 21.6. The zero-order valence-corrected chi connectivity index (χ0v) is 40.3. The van der Waals surface area contributed by atoms with Crippen molar-refractivity contribution in [2.45, 2.75) is 116 Å². The molecular formula is C40H75N15O10+2. The van der Waals surface area contributed by atoms with Crippen LogP contribution in [0.5, 0.6) is 0 Å². The molecule has 0 saturated heterocycles. The largest absolute Gasteiger partial charge is 0.458 e. The zero-order valence-electron chi connectivity index (χ0n) is 40.3. The predicted molar refractivity (Wildman–Crippen MR) is 234 cm³/mol. The number of tetrazole rings is 2. The minimum atomic E-state index is -0.714. The number of aromatic nitrogens is 8. The van der Waals surface area contributed by atoms with Crippen molar-refractivity contribution >= 4 is 41.2 Å². The van der Waals surface area contributed by atoms with E-state index in [4.69, 9.17) is 15.4 Å². The summed E-state index contributed by atoms with van der Waals surface area (Å²) < 4.78 is 11.1. The average Bonchev–Trinajstić information content (AvgIpc) is 3.79. The van der Waals surface area contributed by atoms with E-state index in [1.807, 2.05) is 42.3 Å². The van der Waals surface area contributed by atoms with Crippen LogP contribution < -0.4 is 27.2 Å². The Hall–Kier alpha value is -5.37. The number of carbonyl (C=O) groups excluding carboxylic acids is 7. The van der Waals surface area contributed by atoms with Gasteiger partial charge in [0.1, 0.15) is 37.5 Å². The van der Waals surface area contributed by atoms with Crippen molar-refractivity contribution in [1.29, 1.82) is 0 Å². The number of nitrogens with two attached hydrogens (primary N) is 1. The molecule has 0 aromatic carbocycles. The van der Waals surface area contributed by atoms with Crippen LogP contribution in [-0.2, 0) is 75.1 Å². The third kappa shape index (κ3) is 30.4. The maximum Gasteiger partial charge on any atom is 0.332 e. The van der Waals surface area contributed by atoms with Crippen LogP contribution in [0.25, 0.3) is 0 Å². The van der Waals surface area contributed by atoms with Gasteiger partial charge in [0.25, 0.3) is 11.8 Å². The molecule has 25 heteroatoms. The Labute approximate surface area is 381 Å². The first-order chi connectivity index (χ1) is 30.2. The average molecular weight is 926 g/mol. The first kappa shape index (κ1) is 57.6. The molecule has 2 rings (SSSR count). The monoisotopic (exact) mass is 926 g/mol. The van der Waals surface area contributed by atoms with Gasteiger partial charge in [0.2, 0.25) is 11.8 Å². The molecule has 0 saturated carbocycles. The molecule has 65 heavy (non-hydrogen) atoms. The summed E-state index contributed by atoms with van der Waals surface area (Å²) >= 11 is 0. The lowest BCUT2D eigenvalue weighted by atomic mass is 10.0. The fraction of sp³-hybridized carbons (Fsp3) is 0.775. The Bertz CT molecular complexity index is 1800. The van der Waals surface area contributed by atoms with E-state index in [9.17, 15) is 33.6 Å². The van der Waals surface area contributed by atoms with Crippen molar-refractivity contribution in [3.05, 3.63) is 11.6 Å². The molecule has 25 nitrogen and oxygen atoms in total. The SMILES string of the molecule is Cn1nnc(CNC(=O)[C@H](CCCCCC(=O)COCC(=O)OC(C)(C)C)NC(=O)C[N+](C)(C)C)n1.Cn1nnc(CNC(=O)[C@H](CCCCCC(=O)CON)NC(=O)C[N+](C)(C)C)n1. The van der Waals surface area contributed by atoms with E-state index in [-0.39, 0.29) is 81.2 Å². The number of esters is 1. The number of unbranched alkanes of at least 4 members (excludes halogenated alkanes) is 4. The van der Waals surface area contributed by atoms with Gasteiger partial charge in [0, 0.05) is 12.8 Å². The van der Waals surface area contributed by atoms with E-state index in [1.54, 1.807) is 34.9 Å². The van der Waals surface area contributed by atoms with Crippen LogP contribution in [0.2, 0.25) is 0 Å². The number of ketones is 2. The molecule has 2 heterocycles. The number of rotatable bonds is 30. The van der Waals surface area contributed by atoms with Gasteiger partial charge in [-0.3, -0.25) is 33.6 Å². The number of amides is 4. The van der Waals surface area contributed by atoms with Crippen LogP contribution in [0, 0.1) is 0 Å². The summed E-state index contributed by atoms with van der Waals surface area (Å²) in [5.41, 5.74) is -0.600. The number of hydrogen-bond acceptors (Lipinski definition) is 17. The Morgan fingerprint density at radius 1 is 0.631 bits per heavy atom. The highest BCUT2D eigenvalue weighted by Gasteiger charge is 2.25. The van der Waals surface area contributed by atoms with Gasteiger partial charge in [0.05, 0.1) is 69.5 Å². The molecule has 2 atom stereocenters. The van der Waals surface area contributed by atoms with Gasteiger partial charge in [0.15, 0.2) is 36.3 Å². The normalized spacial score (nSPS) is 12.6. The lowest BCUT2D eigenvalue weighted by Gasteiger charge is -2.25. The summed E-state index contributed by atoms with van der Waals surface area (Å²) in [6.07, 6.45) is 5.61. The van der Waals surface area contributed by atoms with E-state index in [2.05, 4.69) is 56.9 Å². The zero-order chi connectivity index (χ0) is 49.2. The van der Waals surface area contributed by atoms with Crippen molar-refractivity contribution in [3.8, 4) is 0 Å². The van der Waals surface area contributed by atoms with Crippen LogP contribution in [0.15, 0.2) is 0 Å². The number of aryl methyl sites for hydroxylation is 2. The van der Waals surface area contributed by atoms with E-state index in [1.165, 1.54) is 9.59 Å². The molecule has 368 valence electrons. The van der Waals surface area contributed by atoms with Gasteiger partial charge in [-0.15, -0.1) is 20.4 Å². The van der Waals surface area contributed by atoms with Crippen molar-refractivity contribution in [2.75, 3.05) is 75.2 Å². The van der Waals surface area contributed by atoms with Crippen LogP contribution in [0.4, 0.5) is 0 Å². The smallest absolute Gasteiger partial charge is 0.332 e. The molecule has 0 aliphatic heterocycles. The summed E-state index contributed by atoms with van der Waals surface area (Å²) in [4.78, 5) is 91.9. The summed E-state index contributed by atoms with van der Waals surface area (Å²) in [7, 11) is 14.6. The van der Waals surface area contributed by atoms with Crippen LogP contribution >= 0.6 is 0 Å². The van der Waals surface area contributed by atoms with Gasteiger partial charge in [-0.25, -0.2) is 10.7 Å². The molecular weight excluding hydrogens is 851 g/mol. The number of nitrogens with zero attached hydrogens (tertiary/aromatic N) is 10. The van der Waals surface area contributed by atoms with E-state index in [0.29, 0.717) is 78.4 Å². The number of carbonyl (C=O) groups is 7. The summed E-state index contributed by atoms with van der Waals surface area (Å²) in [5.74, 6) is 3.88. The molecule has 0 aliphatic carbocycles. The first-order valence-corrected chi connectivity index (χ1v) is 21.6. The topological polar surface area (TPSA) is 309 Å². The summed E-state index contributed by atoms with van der Waals surface area (Å²) in [5, 5.41) is 34.2. The fourth-order valence-electron chi connectivity index (χ4n) is 5.80. The maximum atomic E-state index is 12.7. The van der Waals surface area contributed by atoms with Crippen LogP contribution in [0.3, 0.4) is 0 Å². The summed E-state index contributed by atoms with van der Waals surface area (Å²) in [6.45, 7) is 5.48. The Morgan fingerprint density at radius 2 is 1.05 bits per heavy atom. The molecule has 4 amide bonds. The minimum Gasteiger partial charge on any atom is -0.458 e. The molecule has 6 N–H and O–H groups in total. The number of hydrogen-bond donors (Lipinski definition) is 5. The number of ether oxygens (including phenoxy) is 2. The number of quaternary nitrogens is 2. The van der Waals surface area contributed by atoms with Crippen LogP contribution in [-0.4, -0.2) is 183 Å². The van der Waals surface area contributed by atoms with E-state index < -0.39 is 23.7 Å². The number of likely N-dealkylation sites (N-methyl/N-ethyl adjacent to an activating group) is 2. The van der Waals surface area contributed by atoms with Gasteiger partial charge in [-0.1, -0.05) is 25.7 Å². The fourth-order valence-corrected chi connectivity index (χ4v) is 5.80. The molecule has 0 radical (unpaired) electrons. The van der Waals surface area contributed by atoms with Gasteiger partial charge in [-0.05, 0) is 56.9 Å². The van der Waals surface area contributed by atoms with Gasteiger partial charge < -0.3 is 39.7 Å². The second-order valence-corrected chi connectivity index (χ2v) is 18.6. The number of Topliss-reactive ketones (excluding diaryl/α,β-unsaturated/α-hetero) is 2. The highest BCUT2D eigenvalue weighted by Crippen LogP contribution is 2.10. The highest BCUT2D eigenvalue weighted by molar-refractivity contribution is 5.88. The van der Waals surface area contributed by atoms with E-state index >= 15 is 0 Å². The molecule has 0 spiro atoms. The Balaban J connectivity index is 0.000000665. The van der Waals surface area contributed by atoms with Gasteiger partial charge in [-0.2, -0.15) is 9.59 Å². The lowest BCUT2D eigenvalue weighted by molar-refractivity contribution is -0.862. The van der Waals surface area contributed by atoms with Crippen molar-refractivity contribution in [3.63, 3.8) is 0 Å². The lowest BCUT2D eigenvalue weighted by Crippen LogP contribution is -2.51.